The summed E-state index contributed by atoms with van der Waals surface area (Å²) in [6.45, 7) is 2.66. The maximum atomic E-state index is 11.2. The van der Waals surface area contributed by atoms with Crippen molar-refractivity contribution in [3.63, 3.8) is 0 Å². The quantitative estimate of drug-likeness (QED) is 0.494. The molecule has 0 saturated carbocycles. The van der Waals surface area contributed by atoms with E-state index in [-0.39, 0.29) is 5.91 Å². The number of amides is 1. The van der Waals surface area contributed by atoms with Crippen LogP contribution in [0.15, 0.2) is 42.6 Å². The molecular formula is C23H29N3O2. The van der Waals surface area contributed by atoms with E-state index in [9.17, 15) is 4.79 Å². The van der Waals surface area contributed by atoms with Gasteiger partial charge in [0.2, 0.25) is 5.91 Å². The molecule has 0 fully saturated rings. The van der Waals surface area contributed by atoms with E-state index in [0.717, 1.165) is 65.7 Å². The van der Waals surface area contributed by atoms with E-state index in [0.29, 0.717) is 13.0 Å². The van der Waals surface area contributed by atoms with Gasteiger partial charge in [0.1, 0.15) is 11.6 Å². The van der Waals surface area contributed by atoms with E-state index in [1.54, 1.807) is 7.05 Å². The number of aromatic nitrogens is 2. The second kappa shape index (κ2) is 9.93. The molecule has 3 rings (SSSR count). The van der Waals surface area contributed by atoms with E-state index >= 15 is 0 Å². The fourth-order valence-electron chi connectivity index (χ4n) is 3.40. The van der Waals surface area contributed by atoms with Gasteiger partial charge in [0.15, 0.2) is 0 Å². The Morgan fingerprint density at radius 1 is 1.14 bits per heavy atom. The van der Waals surface area contributed by atoms with Crippen molar-refractivity contribution in [2.45, 2.75) is 45.4 Å². The standard InChI is InChI=1S/C23H29N3O2/c1-3-28-21-10-8-9-17-15-18(13-14-19(17)21)20-16-25-22(26-20)11-6-4-5-7-12-23(27)24-2/h8-10,13-16H,3-7,11-12H2,1-2H3,(H,24,27)(H,25,26). The second-order valence-electron chi connectivity index (χ2n) is 6.96. The Bertz CT molecular complexity index is 917. The number of nitrogens with zero attached hydrogens (tertiary/aromatic N) is 1. The van der Waals surface area contributed by atoms with Gasteiger partial charge in [-0.25, -0.2) is 4.98 Å². The molecule has 0 spiro atoms. The van der Waals surface area contributed by atoms with Crippen LogP contribution < -0.4 is 10.1 Å². The summed E-state index contributed by atoms with van der Waals surface area (Å²) in [6, 6.07) is 12.5. The van der Waals surface area contributed by atoms with Crippen molar-refractivity contribution in [2.75, 3.05) is 13.7 Å². The summed E-state index contributed by atoms with van der Waals surface area (Å²) in [5.74, 6) is 2.07. The lowest BCUT2D eigenvalue weighted by Gasteiger charge is -2.08. The Kier molecular flexibility index (Phi) is 7.06. The highest BCUT2D eigenvalue weighted by Crippen LogP contribution is 2.29. The molecule has 2 aromatic carbocycles. The highest BCUT2D eigenvalue weighted by Gasteiger charge is 2.07. The van der Waals surface area contributed by atoms with Crippen LogP contribution >= 0.6 is 0 Å². The zero-order valence-corrected chi connectivity index (χ0v) is 16.8. The van der Waals surface area contributed by atoms with Crippen LogP contribution in [-0.4, -0.2) is 29.5 Å². The van der Waals surface area contributed by atoms with Gasteiger partial charge in [0.25, 0.3) is 0 Å². The van der Waals surface area contributed by atoms with Crippen LogP contribution in [0.2, 0.25) is 0 Å². The number of fused-ring (bicyclic) bond motifs is 1. The van der Waals surface area contributed by atoms with E-state index in [1.165, 1.54) is 0 Å². The molecule has 5 heteroatoms. The third-order valence-corrected chi connectivity index (χ3v) is 4.93. The number of carbonyl (C=O) groups is 1. The van der Waals surface area contributed by atoms with Crippen molar-refractivity contribution >= 4 is 16.7 Å². The number of ether oxygens (including phenoxy) is 1. The number of imidazole rings is 1. The monoisotopic (exact) mass is 379 g/mol. The third-order valence-electron chi connectivity index (χ3n) is 4.93. The SMILES string of the molecule is CCOc1cccc2cc(-c3cnc(CCCCCCC(=O)NC)[nH]3)ccc12. The number of hydrogen-bond acceptors (Lipinski definition) is 3. The van der Waals surface area contributed by atoms with Crippen LogP contribution in [0.4, 0.5) is 0 Å². The summed E-state index contributed by atoms with van der Waals surface area (Å²) in [7, 11) is 1.68. The van der Waals surface area contributed by atoms with Gasteiger partial charge >= 0.3 is 0 Å². The fraction of sp³-hybridized carbons (Fsp3) is 0.391. The van der Waals surface area contributed by atoms with Gasteiger partial charge < -0.3 is 15.0 Å². The van der Waals surface area contributed by atoms with Gasteiger partial charge in [-0.3, -0.25) is 4.79 Å². The first-order chi connectivity index (χ1) is 13.7. The minimum absolute atomic E-state index is 0.124. The molecule has 0 aliphatic rings. The van der Waals surface area contributed by atoms with Crippen LogP contribution in [0.5, 0.6) is 5.75 Å². The molecule has 2 N–H and O–H groups in total. The molecule has 5 nitrogen and oxygen atoms in total. The zero-order chi connectivity index (χ0) is 19.8. The number of H-pyrrole nitrogens is 1. The summed E-state index contributed by atoms with van der Waals surface area (Å²) in [5, 5.41) is 4.95. The van der Waals surface area contributed by atoms with Crippen molar-refractivity contribution in [2.24, 2.45) is 0 Å². The number of hydrogen-bond donors (Lipinski definition) is 2. The normalized spacial score (nSPS) is 10.9. The maximum absolute atomic E-state index is 11.2. The van der Waals surface area contributed by atoms with Gasteiger partial charge in [-0.05, 0) is 43.4 Å². The molecule has 1 aromatic heterocycles. The lowest BCUT2D eigenvalue weighted by atomic mass is 10.0. The first kappa shape index (κ1) is 19.9. The molecule has 0 radical (unpaired) electrons. The van der Waals surface area contributed by atoms with Gasteiger partial charge in [0, 0.05) is 30.8 Å². The minimum atomic E-state index is 0.124. The van der Waals surface area contributed by atoms with Crippen molar-refractivity contribution in [3.05, 3.63) is 48.4 Å². The minimum Gasteiger partial charge on any atom is -0.493 e. The second-order valence-corrected chi connectivity index (χ2v) is 6.96. The largest absolute Gasteiger partial charge is 0.493 e. The maximum Gasteiger partial charge on any atom is 0.219 e. The fourth-order valence-corrected chi connectivity index (χ4v) is 3.40. The van der Waals surface area contributed by atoms with Gasteiger partial charge in [-0.2, -0.15) is 0 Å². The predicted octanol–water partition coefficient (Wildman–Crippen LogP) is 4.87. The molecule has 0 aliphatic heterocycles. The van der Waals surface area contributed by atoms with Gasteiger partial charge in [-0.1, -0.05) is 31.0 Å². The number of carbonyl (C=O) groups excluding carboxylic acids is 1. The number of aromatic amines is 1. The molecule has 1 amide bonds. The van der Waals surface area contributed by atoms with Crippen molar-refractivity contribution < 1.29 is 9.53 Å². The zero-order valence-electron chi connectivity index (χ0n) is 16.8. The molecule has 28 heavy (non-hydrogen) atoms. The molecule has 0 unspecified atom stereocenters. The molecule has 1 heterocycles. The smallest absolute Gasteiger partial charge is 0.219 e. The number of nitrogens with one attached hydrogen (secondary N) is 2. The highest BCUT2D eigenvalue weighted by molar-refractivity contribution is 5.91. The van der Waals surface area contributed by atoms with E-state index in [2.05, 4.69) is 39.6 Å². The molecule has 0 saturated heterocycles. The molecule has 3 aromatic rings. The Morgan fingerprint density at radius 3 is 2.82 bits per heavy atom. The summed E-state index contributed by atoms with van der Waals surface area (Å²) < 4.78 is 5.72. The van der Waals surface area contributed by atoms with Crippen molar-refractivity contribution in [1.82, 2.24) is 15.3 Å². The predicted molar refractivity (Wildman–Crippen MR) is 114 cm³/mol. The molecular weight excluding hydrogens is 350 g/mol. The molecule has 0 aliphatic carbocycles. The summed E-state index contributed by atoms with van der Waals surface area (Å²) in [4.78, 5) is 19.2. The average molecular weight is 380 g/mol. The van der Waals surface area contributed by atoms with Crippen LogP contribution in [0.1, 0.15) is 44.9 Å². The van der Waals surface area contributed by atoms with E-state index in [1.807, 2.05) is 25.3 Å². The summed E-state index contributed by atoms with van der Waals surface area (Å²) >= 11 is 0. The molecule has 0 atom stereocenters. The van der Waals surface area contributed by atoms with Gasteiger partial charge in [0.05, 0.1) is 18.5 Å². The number of benzene rings is 2. The molecule has 0 bridgehead atoms. The van der Waals surface area contributed by atoms with Crippen LogP contribution in [-0.2, 0) is 11.2 Å². The summed E-state index contributed by atoms with van der Waals surface area (Å²) in [5.41, 5.74) is 2.17. The topological polar surface area (TPSA) is 67.0 Å². The van der Waals surface area contributed by atoms with Crippen LogP contribution in [0.25, 0.3) is 22.0 Å². The number of rotatable bonds is 10. The first-order valence-corrected chi connectivity index (χ1v) is 10.1. The van der Waals surface area contributed by atoms with Crippen LogP contribution in [0, 0.1) is 0 Å². The first-order valence-electron chi connectivity index (χ1n) is 10.1. The van der Waals surface area contributed by atoms with Gasteiger partial charge in [-0.15, -0.1) is 0 Å². The lowest BCUT2D eigenvalue weighted by molar-refractivity contribution is -0.120. The van der Waals surface area contributed by atoms with E-state index in [4.69, 9.17) is 4.74 Å². The Balaban J connectivity index is 1.57. The van der Waals surface area contributed by atoms with Crippen molar-refractivity contribution in [1.29, 1.82) is 0 Å². The summed E-state index contributed by atoms with van der Waals surface area (Å²) in [6.07, 6.45) is 7.68. The molecule has 148 valence electrons. The number of aryl methyl sites for hydroxylation is 1. The third kappa shape index (κ3) is 5.12. The lowest BCUT2D eigenvalue weighted by Crippen LogP contribution is -2.16. The Labute approximate surface area is 166 Å². The average Bonchev–Trinajstić information content (AvgIpc) is 3.19. The Hall–Kier alpha value is -2.82. The van der Waals surface area contributed by atoms with Crippen LogP contribution in [0.3, 0.4) is 0 Å². The highest BCUT2D eigenvalue weighted by atomic mass is 16.5. The van der Waals surface area contributed by atoms with E-state index < -0.39 is 0 Å². The Morgan fingerprint density at radius 2 is 2.00 bits per heavy atom. The van der Waals surface area contributed by atoms with Crippen molar-refractivity contribution in [3.8, 4) is 17.0 Å². The number of unbranched alkanes of at least 4 members (excludes halogenated alkanes) is 3.